The smallest absolute Gasteiger partial charge is 0.376 e. The van der Waals surface area contributed by atoms with Crippen LogP contribution in [0.2, 0.25) is 5.02 Å². The molecule has 3 rings (SSSR count). The van der Waals surface area contributed by atoms with Crippen molar-refractivity contribution < 1.29 is 27.6 Å². The van der Waals surface area contributed by atoms with Gasteiger partial charge >= 0.3 is 6.18 Å². The van der Waals surface area contributed by atoms with Crippen LogP contribution in [0.1, 0.15) is 35.7 Å². The molecule has 0 atom stereocenters. The minimum Gasteiger partial charge on any atom is -0.376 e. The maximum Gasteiger partial charge on any atom is 0.416 e. The number of hydrogen-bond acceptors (Lipinski definition) is 4. The van der Waals surface area contributed by atoms with Gasteiger partial charge in [-0.2, -0.15) is 13.2 Å². The number of carbonyl (C=O) groups is 3. The molecule has 0 heterocycles. The summed E-state index contributed by atoms with van der Waals surface area (Å²) in [5.41, 5.74) is 0.561. The van der Waals surface area contributed by atoms with Crippen molar-refractivity contribution in [3.05, 3.63) is 82.9 Å². The molecule has 4 N–H and O–H groups in total. The van der Waals surface area contributed by atoms with E-state index in [1.807, 2.05) is 6.92 Å². The monoisotopic (exact) mass is 532 g/mol. The Bertz CT molecular complexity index is 1300. The lowest BCUT2D eigenvalue weighted by Crippen LogP contribution is -2.22. The minimum atomic E-state index is -4.53. The van der Waals surface area contributed by atoms with E-state index >= 15 is 0 Å². The second kappa shape index (κ2) is 12.3. The zero-order valence-electron chi connectivity index (χ0n) is 19.7. The summed E-state index contributed by atoms with van der Waals surface area (Å²) in [5, 5.41) is 11.0. The van der Waals surface area contributed by atoms with Gasteiger partial charge in [0, 0.05) is 29.0 Å². The van der Waals surface area contributed by atoms with Gasteiger partial charge in [-0.15, -0.1) is 0 Å². The van der Waals surface area contributed by atoms with Crippen LogP contribution in [-0.2, 0) is 15.8 Å². The molecule has 0 saturated carbocycles. The Balaban J connectivity index is 1.59. The summed E-state index contributed by atoms with van der Waals surface area (Å²) in [6.45, 7) is 1.72. The zero-order chi connectivity index (χ0) is 27.0. The van der Waals surface area contributed by atoms with Crippen LogP contribution < -0.4 is 21.3 Å². The number of amides is 3. The lowest BCUT2D eigenvalue weighted by Gasteiger charge is -2.12. The maximum atomic E-state index is 12.9. The molecule has 0 spiro atoms. The van der Waals surface area contributed by atoms with E-state index in [0.717, 1.165) is 12.1 Å². The van der Waals surface area contributed by atoms with E-state index in [1.165, 1.54) is 24.3 Å². The fourth-order valence-electron chi connectivity index (χ4n) is 3.27. The molecule has 0 aliphatic heterocycles. The number of benzene rings is 3. The number of anilines is 4. The van der Waals surface area contributed by atoms with Gasteiger partial charge in [0.1, 0.15) is 0 Å². The van der Waals surface area contributed by atoms with Crippen molar-refractivity contribution in [3.8, 4) is 0 Å². The molecule has 0 saturated heterocycles. The highest BCUT2D eigenvalue weighted by Gasteiger charge is 2.30. The molecule has 194 valence electrons. The highest BCUT2D eigenvalue weighted by atomic mass is 35.5. The van der Waals surface area contributed by atoms with Crippen LogP contribution in [-0.4, -0.2) is 24.3 Å². The molecule has 7 nitrogen and oxygen atoms in total. The summed E-state index contributed by atoms with van der Waals surface area (Å²) in [7, 11) is 0. The SMILES string of the molecule is CCCC(=O)Nc1ccc(Cl)c(NC(=O)CNc2cccc(C(=O)Nc3cccc(C(F)(F)F)c3)c2)c1. The lowest BCUT2D eigenvalue weighted by atomic mass is 10.1. The van der Waals surface area contributed by atoms with Gasteiger partial charge in [-0.05, 0) is 61.0 Å². The first kappa shape index (κ1) is 27.5. The van der Waals surface area contributed by atoms with Gasteiger partial charge in [-0.25, -0.2) is 0 Å². The van der Waals surface area contributed by atoms with Gasteiger partial charge < -0.3 is 21.3 Å². The molecule has 0 aromatic heterocycles. The molecule has 3 aromatic carbocycles. The number of carbonyl (C=O) groups excluding carboxylic acids is 3. The van der Waals surface area contributed by atoms with Gasteiger partial charge in [0.05, 0.1) is 22.8 Å². The van der Waals surface area contributed by atoms with Crippen LogP contribution in [0.4, 0.5) is 35.9 Å². The Morgan fingerprint density at radius 1 is 0.811 bits per heavy atom. The molecule has 3 aromatic rings. The van der Waals surface area contributed by atoms with E-state index in [-0.39, 0.29) is 28.7 Å². The Kier molecular flexibility index (Phi) is 9.13. The Morgan fingerprint density at radius 3 is 2.24 bits per heavy atom. The van der Waals surface area contributed by atoms with Crippen molar-refractivity contribution in [3.63, 3.8) is 0 Å². The standard InChI is InChI=1S/C26H24ClF3N4O3/c1-2-5-23(35)32-20-10-11-21(27)22(14-20)34-24(36)15-31-18-8-3-6-16(12-18)25(37)33-19-9-4-7-17(13-19)26(28,29)30/h3-4,6-14,31H,2,5,15H2,1H3,(H,32,35)(H,33,37)(H,34,36). The predicted molar refractivity (Wildman–Crippen MR) is 138 cm³/mol. The first-order valence-electron chi connectivity index (χ1n) is 11.3. The van der Waals surface area contributed by atoms with Gasteiger partial charge in [0.2, 0.25) is 11.8 Å². The van der Waals surface area contributed by atoms with Crippen LogP contribution in [0.15, 0.2) is 66.7 Å². The molecule has 37 heavy (non-hydrogen) atoms. The van der Waals surface area contributed by atoms with E-state index in [1.54, 1.807) is 30.3 Å². The third-order valence-electron chi connectivity index (χ3n) is 5.03. The number of rotatable bonds is 9. The molecule has 0 aliphatic carbocycles. The third-order valence-corrected chi connectivity index (χ3v) is 5.36. The number of hydrogen-bond donors (Lipinski definition) is 4. The third kappa shape index (κ3) is 8.25. The highest BCUT2D eigenvalue weighted by Crippen LogP contribution is 2.31. The van der Waals surface area contributed by atoms with Gasteiger partial charge in [0.15, 0.2) is 0 Å². The van der Waals surface area contributed by atoms with E-state index in [4.69, 9.17) is 11.6 Å². The van der Waals surface area contributed by atoms with Crippen LogP contribution in [0.5, 0.6) is 0 Å². The molecule has 0 radical (unpaired) electrons. The van der Waals surface area contributed by atoms with E-state index in [0.29, 0.717) is 29.9 Å². The second-order valence-corrected chi connectivity index (χ2v) is 8.42. The predicted octanol–water partition coefficient (Wildman–Crippen LogP) is 6.40. The van der Waals surface area contributed by atoms with E-state index < -0.39 is 23.6 Å². The first-order chi connectivity index (χ1) is 17.5. The molecule has 11 heteroatoms. The fraction of sp³-hybridized carbons (Fsp3) is 0.192. The average Bonchev–Trinajstić information content (AvgIpc) is 2.85. The minimum absolute atomic E-state index is 0.00237. The Morgan fingerprint density at radius 2 is 1.51 bits per heavy atom. The number of nitrogens with one attached hydrogen (secondary N) is 4. The van der Waals surface area contributed by atoms with Gasteiger partial charge in [-0.1, -0.05) is 30.7 Å². The van der Waals surface area contributed by atoms with Crippen molar-refractivity contribution in [2.75, 3.05) is 27.8 Å². The van der Waals surface area contributed by atoms with Crippen molar-refractivity contribution in [2.24, 2.45) is 0 Å². The summed E-state index contributed by atoms with van der Waals surface area (Å²) in [6, 6.07) is 15.2. The number of halogens is 4. The van der Waals surface area contributed by atoms with Gasteiger partial charge in [-0.3, -0.25) is 14.4 Å². The number of alkyl halides is 3. The van der Waals surface area contributed by atoms with E-state index in [9.17, 15) is 27.6 Å². The zero-order valence-corrected chi connectivity index (χ0v) is 20.5. The van der Waals surface area contributed by atoms with Crippen LogP contribution >= 0.6 is 11.6 Å². The molecular formula is C26H24ClF3N4O3. The Labute approximate surface area is 216 Å². The fourth-order valence-corrected chi connectivity index (χ4v) is 3.44. The molecular weight excluding hydrogens is 509 g/mol. The lowest BCUT2D eigenvalue weighted by molar-refractivity contribution is -0.137. The normalized spacial score (nSPS) is 10.9. The summed E-state index contributed by atoms with van der Waals surface area (Å²) in [4.78, 5) is 36.8. The summed E-state index contributed by atoms with van der Waals surface area (Å²) in [5.74, 6) is -1.19. The summed E-state index contributed by atoms with van der Waals surface area (Å²) in [6.07, 6.45) is -3.46. The van der Waals surface area contributed by atoms with E-state index in [2.05, 4.69) is 21.3 Å². The largest absolute Gasteiger partial charge is 0.416 e. The van der Waals surface area contributed by atoms with Crippen molar-refractivity contribution in [1.82, 2.24) is 0 Å². The maximum absolute atomic E-state index is 12.9. The van der Waals surface area contributed by atoms with Crippen molar-refractivity contribution in [1.29, 1.82) is 0 Å². The van der Waals surface area contributed by atoms with Crippen molar-refractivity contribution >= 4 is 52.1 Å². The molecule has 0 aliphatic rings. The van der Waals surface area contributed by atoms with Crippen LogP contribution in [0.3, 0.4) is 0 Å². The van der Waals surface area contributed by atoms with Crippen LogP contribution in [0.25, 0.3) is 0 Å². The quantitative estimate of drug-likeness (QED) is 0.256. The summed E-state index contributed by atoms with van der Waals surface area (Å²) < 4.78 is 38.7. The van der Waals surface area contributed by atoms with Crippen LogP contribution in [0, 0.1) is 0 Å². The topological polar surface area (TPSA) is 99.3 Å². The summed E-state index contributed by atoms with van der Waals surface area (Å²) >= 11 is 6.16. The molecule has 0 unspecified atom stereocenters. The second-order valence-electron chi connectivity index (χ2n) is 8.01. The van der Waals surface area contributed by atoms with Gasteiger partial charge in [0.25, 0.3) is 5.91 Å². The average molecular weight is 533 g/mol. The van der Waals surface area contributed by atoms with Crippen molar-refractivity contribution in [2.45, 2.75) is 25.9 Å². The molecule has 0 bridgehead atoms. The first-order valence-corrected chi connectivity index (χ1v) is 11.6. The molecule has 3 amide bonds. The highest BCUT2D eigenvalue weighted by molar-refractivity contribution is 6.34. The molecule has 0 fully saturated rings. The Hall–Kier alpha value is -4.05.